The van der Waals surface area contributed by atoms with E-state index in [-0.39, 0.29) is 30.7 Å². The van der Waals surface area contributed by atoms with Crippen LogP contribution in [0.2, 0.25) is 0 Å². The number of nitrogens with one attached hydrogen (secondary N) is 2. The van der Waals surface area contributed by atoms with Crippen molar-refractivity contribution in [2.75, 3.05) is 20.3 Å². The second kappa shape index (κ2) is 7.57. The molecule has 0 aliphatic heterocycles. The molecule has 0 saturated heterocycles. The molecule has 0 bridgehead atoms. The Morgan fingerprint density at radius 2 is 2.08 bits per heavy atom. The number of amides is 1. The van der Waals surface area contributed by atoms with Crippen LogP contribution in [-0.2, 0) is 6.42 Å². The first-order chi connectivity index (χ1) is 12.5. The molecule has 1 aromatic heterocycles. The lowest BCUT2D eigenvalue weighted by molar-refractivity contribution is 0.0701. The molecule has 0 fully saturated rings. The van der Waals surface area contributed by atoms with Crippen LogP contribution in [0.5, 0.6) is 5.75 Å². The molecular formula is C18H21N3O5. The van der Waals surface area contributed by atoms with Crippen molar-refractivity contribution >= 4 is 5.91 Å². The second-order valence-corrected chi connectivity index (χ2v) is 6.21. The molecule has 8 heteroatoms. The van der Waals surface area contributed by atoms with Crippen LogP contribution in [0, 0.1) is 0 Å². The fraction of sp³-hybridized carbons (Fsp3) is 0.389. The number of nitrogens with zero attached hydrogens (tertiary/aromatic N) is 1. The van der Waals surface area contributed by atoms with Crippen molar-refractivity contribution in [3.8, 4) is 5.75 Å². The number of fused-ring (bicyclic) bond motifs is 1. The van der Waals surface area contributed by atoms with Crippen LogP contribution < -0.4 is 16.0 Å². The van der Waals surface area contributed by atoms with Crippen molar-refractivity contribution in [1.29, 1.82) is 0 Å². The Kier molecular flexibility index (Phi) is 5.22. The van der Waals surface area contributed by atoms with Gasteiger partial charge in [0.25, 0.3) is 11.5 Å². The van der Waals surface area contributed by atoms with Gasteiger partial charge in [-0.3, -0.25) is 19.6 Å². The van der Waals surface area contributed by atoms with Gasteiger partial charge in [0.05, 0.1) is 12.6 Å². The first kappa shape index (κ1) is 17.9. The van der Waals surface area contributed by atoms with E-state index in [0.717, 1.165) is 24.8 Å². The van der Waals surface area contributed by atoms with Crippen LogP contribution in [-0.4, -0.2) is 46.1 Å². The van der Waals surface area contributed by atoms with Gasteiger partial charge in [0.2, 0.25) is 5.75 Å². The average Bonchev–Trinajstić information content (AvgIpc) is 2.65. The number of aliphatic hydroxyl groups is 1. The summed E-state index contributed by atoms with van der Waals surface area (Å²) in [6.07, 6.45) is 2.69. The summed E-state index contributed by atoms with van der Waals surface area (Å²) in [5.74, 6) is -0.803. The molecule has 1 unspecified atom stereocenters. The lowest BCUT2D eigenvalue weighted by Crippen LogP contribution is -2.37. The van der Waals surface area contributed by atoms with Gasteiger partial charge in [0.1, 0.15) is 6.61 Å². The lowest BCUT2D eigenvalue weighted by Gasteiger charge is -2.33. The Bertz CT molecular complexity index is 918. The van der Waals surface area contributed by atoms with Crippen molar-refractivity contribution in [2.24, 2.45) is 0 Å². The molecule has 8 nitrogen and oxygen atoms in total. The Balaban J connectivity index is 1.97. The van der Waals surface area contributed by atoms with Crippen molar-refractivity contribution in [1.82, 2.24) is 14.9 Å². The van der Waals surface area contributed by atoms with E-state index in [2.05, 4.69) is 4.98 Å². The monoisotopic (exact) mass is 359 g/mol. The predicted molar refractivity (Wildman–Crippen MR) is 94.5 cm³/mol. The number of H-pyrrole nitrogens is 2. The summed E-state index contributed by atoms with van der Waals surface area (Å²) in [5, 5.41) is 8.92. The number of rotatable bonds is 5. The Morgan fingerprint density at radius 3 is 2.85 bits per heavy atom. The van der Waals surface area contributed by atoms with Crippen molar-refractivity contribution in [3.05, 3.63) is 61.9 Å². The van der Waals surface area contributed by atoms with E-state index in [1.54, 1.807) is 7.05 Å². The zero-order valence-electron chi connectivity index (χ0n) is 14.4. The van der Waals surface area contributed by atoms with Crippen LogP contribution in [0.4, 0.5) is 0 Å². The summed E-state index contributed by atoms with van der Waals surface area (Å²) in [5.41, 5.74) is 0.465. The minimum absolute atomic E-state index is 0.152. The van der Waals surface area contributed by atoms with Crippen LogP contribution in [0.3, 0.4) is 0 Å². The van der Waals surface area contributed by atoms with Crippen molar-refractivity contribution in [3.63, 3.8) is 0 Å². The fourth-order valence-corrected chi connectivity index (χ4v) is 3.36. The maximum Gasteiger partial charge on any atom is 0.326 e. The van der Waals surface area contributed by atoms with Crippen molar-refractivity contribution in [2.45, 2.75) is 25.3 Å². The molecule has 2 aromatic rings. The quantitative estimate of drug-likeness (QED) is 0.722. The number of hydrogen-bond donors (Lipinski definition) is 3. The van der Waals surface area contributed by atoms with Crippen LogP contribution >= 0.6 is 0 Å². The molecule has 1 aliphatic rings. The summed E-state index contributed by atoms with van der Waals surface area (Å²) in [6, 6.07) is 7.79. The van der Waals surface area contributed by atoms with E-state index in [0.29, 0.717) is 0 Å². The Morgan fingerprint density at radius 1 is 1.31 bits per heavy atom. The molecule has 1 atom stereocenters. The molecule has 1 heterocycles. The van der Waals surface area contributed by atoms with E-state index < -0.39 is 17.2 Å². The third kappa shape index (κ3) is 3.41. The molecule has 1 amide bonds. The number of benzene rings is 1. The van der Waals surface area contributed by atoms with Crippen LogP contribution in [0.15, 0.2) is 33.9 Å². The first-order valence-corrected chi connectivity index (χ1v) is 8.48. The highest BCUT2D eigenvalue weighted by atomic mass is 16.5. The summed E-state index contributed by atoms with van der Waals surface area (Å²) >= 11 is 0. The van der Waals surface area contributed by atoms with Gasteiger partial charge in [-0.1, -0.05) is 24.3 Å². The Hall–Kier alpha value is -2.87. The van der Waals surface area contributed by atoms with E-state index in [1.165, 1.54) is 10.5 Å². The van der Waals surface area contributed by atoms with Gasteiger partial charge >= 0.3 is 5.69 Å². The van der Waals surface area contributed by atoms with E-state index in [9.17, 15) is 14.4 Å². The third-order valence-electron chi connectivity index (χ3n) is 4.58. The van der Waals surface area contributed by atoms with Gasteiger partial charge < -0.3 is 14.7 Å². The number of aryl methyl sites for hydroxylation is 1. The summed E-state index contributed by atoms with van der Waals surface area (Å²) in [6.45, 7) is -0.483. The normalized spacial score (nSPS) is 16.0. The first-order valence-electron chi connectivity index (χ1n) is 8.48. The number of carbonyl (C=O) groups is 1. The van der Waals surface area contributed by atoms with Gasteiger partial charge in [-0.2, -0.15) is 0 Å². The number of aromatic nitrogens is 2. The minimum Gasteiger partial charge on any atom is -0.484 e. The smallest absolute Gasteiger partial charge is 0.326 e. The standard InChI is InChI=1S/C18H21N3O5/c1-21(13-8-4-6-11-5-2-3-7-12(11)13)17(24)14-15(26-10-9-22)16(23)20-18(25)19-14/h2-3,5,7,13,22H,4,6,8-10H2,1H3,(H2,19,20,23,25). The van der Waals surface area contributed by atoms with E-state index >= 15 is 0 Å². The zero-order valence-corrected chi connectivity index (χ0v) is 14.4. The summed E-state index contributed by atoms with van der Waals surface area (Å²) in [4.78, 5) is 42.6. The molecule has 0 radical (unpaired) electrons. The molecule has 1 aromatic carbocycles. The lowest BCUT2D eigenvalue weighted by atomic mass is 9.87. The van der Waals surface area contributed by atoms with Gasteiger partial charge in [-0.25, -0.2) is 4.79 Å². The van der Waals surface area contributed by atoms with E-state index in [1.807, 2.05) is 29.2 Å². The number of carbonyl (C=O) groups excluding carboxylic acids is 1. The number of aliphatic hydroxyl groups excluding tert-OH is 1. The van der Waals surface area contributed by atoms with Crippen LogP contribution in [0.1, 0.15) is 40.5 Å². The number of hydrogen-bond acceptors (Lipinski definition) is 5. The average molecular weight is 359 g/mol. The Labute approximate surface area is 149 Å². The molecule has 1 aliphatic carbocycles. The molecular weight excluding hydrogens is 338 g/mol. The number of aromatic amines is 2. The SMILES string of the molecule is CN(C(=O)c1[nH]c(=O)[nH]c(=O)c1OCCO)C1CCCc2ccccc21. The van der Waals surface area contributed by atoms with Gasteiger partial charge in [-0.05, 0) is 30.4 Å². The summed E-state index contributed by atoms with van der Waals surface area (Å²) in [7, 11) is 1.64. The topological polar surface area (TPSA) is 115 Å². The van der Waals surface area contributed by atoms with Gasteiger partial charge in [0, 0.05) is 7.05 Å². The highest BCUT2D eigenvalue weighted by Crippen LogP contribution is 2.34. The maximum atomic E-state index is 13.0. The second-order valence-electron chi connectivity index (χ2n) is 6.21. The predicted octanol–water partition coefficient (Wildman–Crippen LogP) is 0.584. The maximum absolute atomic E-state index is 13.0. The summed E-state index contributed by atoms with van der Waals surface area (Å²) < 4.78 is 5.19. The molecule has 0 saturated carbocycles. The minimum atomic E-state index is -0.803. The molecule has 0 spiro atoms. The van der Waals surface area contributed by atoms with Gasteiger partial charge in [-0.15, -0.1) is 0 Å². The molecule has 3 N–H and O–H groups in total. The number of ether oxygens (including phenoxy) is 1. The highest BCUT2D eigenvalue weighted by molar-refractivity contribution is 5.94. The zero-order chi connectivity index (χ0) is 18.7. The largest absolute Gasteiger partial charge is 0.484 e. The van der Waals surface area contributed by atoms with E-state index in [4.69, 9.17) is 9.84 Å². The highest BCUT2D eigenvalue weighted by Gasteiger charge is 2.30. The molecule has 3 rings (SSSR count). The van der Waals surface area contributed by atoms with Gasteiger partial charge in [0.15, 0.2) is 5.69 Å². The third-order valence-corrected chi connectivity index (χ3v) is 4.58. The van der Waals surface area contributed by atoms with Crippen LogP contribution in [0.25, 0.3) is 0 Å². The molecule has 138 valence electrons. The molecule has 26 heavy (non-hydrogen) atoms. The van der Waals surface area contributed by atoms with Crippen molar-refractivity contribution < 1.29 is 14.6 Å². The fourth-order valence-electron chi connectivity index (χ4n) is 3.36.